The van der Waals surface area contributed by atoms with Gasteiger partial charge >= 0.3 is 0 Å². The lowest BCUT2D eigenvalue weighted by molar-refractivity contribution is 0.104. The molecule has 1 aliphatic carbocycles. The topological polar surface area (TPSA) is 57.5 Å². The van der Waals surface area contributed by atoms with Crippen LogP contribution in [0.1, 0.15) is 21.5 Å². The molecule has 0 heterocycles. The molecule has 0 aliphatic heterocycles. The first-order chi connectivity index (χ1) is 11.1. The van der Waals surface area contributed by atoms with Crippen molar-refractivity contribution in [1.82, 2.24) is 0 Å². The lowest BCUT2D eigenvalue weighted by atomic mass is 10.0. The molecule has 4 rings (SSSR count). The van der Waals surface area contributed by atoms with Crippen LogP contribution < -0.4 is 0 Å². The average molecular weight is 302 g/mol. The minimum absolute atomic E-state index is 0.00263. The number of phenolic OH excluding ortho intramolecular Hbond substituents is 2. The summed E-state index contributed by atoms with van der Waals surface area (Å²) in [5.41, 5.74) is 3.10. The number of hydrogen-bond donors (Lipinski definition) is 2. The highest BCUT2D eigenvalue weighted by Gasteiger charge is 2.25. The molecule has 0 saturated heterocycles. The van der Waals surface area contributed by atoms with Gasteiger partial charge in [-0.05, 0) is 46.9 Å². The molecule has 0 bridgehead atoms. The Morgan fingerprint density at radius 1 is 0.913 bits per heavy atom. The van der Waals surface area contributed by atoms with Gasteiger partial charge in [0.2, 0.25) is 0 Å². The van der Waals surface area contributed by atoms with E-state index in [1.807, 2.05) is 36.4 Å². The maximum Gasteiger partial charge on any atom is 0.189 e. The van der Waals surface area contributed by atoms with E-state index in [0.29, 0.717) is 17.6 Å². The summed E-state index contributed by atoms with van der Waals surface area (Å²) in [6.07, 6.45) is 2.39. The number of aromatic hydroxyl groups is 2. The van der Waals surface area contributed by atoms with Gasteiger partial charge in [-0.3, -0.25) is 4.79 Å². The van der Waals surface area contributed by atoms with Gasteiger partial charge < -0.3 is 10.2 Å². The second-order valence-electron chi connectivity index (χ2n) is 5.74. The highest BCUT2D eigenvalue weighted by atomic mass is 16.3. The number of benzene rings is 3. The van der Waals surface area contributed by atoms with Gasteiger partial charge in [0.05, 0.1) is 0 Å². The third kappa shape index (κ3) is 2.18. The molecule has 2 N–H and O–H groups in total. The number of ketones is 1. The Bertz CT molecular complexity index is 983. The highest BCUT2D eigenvalue weighted by Crippen LogP contribution is 2.33. The van der Waals surface area contributed by atoms with E-state index in [1.165, 1.54) is 6.07 Å². The predicted octanol–water partition coefficient (Wildman–Crippen LogP) is 4.07. The molecular formula is C20H14O3. The van der Waals surface area contributed by atoms with E-state index >= 15 is 0 Å². The van der Waals surface area contributed by atoms with E-state index in [0.717, 1.165) is 21.9 Å². The van der Waals surface area contributed by atoms with Crippen LogP contribution in [-0.4, -0.2) is 16.0 Å². The smallest absolute Gasteiger partial charge is 0.189 e. The SMILES string of the molecule is O=C1/C(=C/c2ccc(O)c3ccccc23)Cc2cc(O)ccc21. The van der Waals surface area contributed by atoms with Crippen LogP contribution in [0, 0.1) is 0 Å². The zero-order chi connectivity index (χ0) is 16.0. The van der Waals surface area contributed by atoms with E-state index in [9.17, 15) is 15.0 Å². The molecule has 0 saturated carbocycles. The van der Waals surface area contributed by atoms with Crippen molar-refractivity contribution >= 4 is 22.6 Å². The number of carbonyl (C=O) groups excluding carboxylic acids is 1. The number of allylic oxidation sites excluding steroid dienone is 1. The Morgan fingerprint density at radius 3 is 2.52 bits per heavy atom. The Hall–Kier alpha value is -3.07. The van der Waals surface area contributed by atoms with Gasteiger partial charge in [0.25, 0.3) is 0 Å². The minimum atomic E-state index is -0.00263. The van der Waals surface area contributed by atoms with Crippen LogP contribution in [0.3, 0.4) is 0 Å². The zero-order valence-electron chi connectivity index (χ0n) is 12.3. The van der Waals surface area contributed by atoms with Gasteiger partial charge in [-0.1, -0.05) is 30.3 Å². The van der Waals surface area contributed by atoms with Crippen LogP contribution in [0.4, 0.5) is 0 Å². The Morgan fingerprint density at radius 2 is 1.70 bits per heavy atom. The van der Waals surface area contributed by atoms with Crippen LogP contribution in [0.2, 0.25) is 0 Å². The molecule has 0 fully saturated rings. The molecule has 0 spiro atoms. The van der Waals surface area contributed by atoms with Crippen molar-refractivity contribution in [2.75, 3.05) is 0 Å². The first-order valence-electron chi connectivity index (χ1n) is 7.41. The number of rotatable bonds is 1. The normalized spacial score (nSPS) is 15.3. The molecule has 112 valence electrons. The fourth-order valence-corrected chi connectivity index (χ4v) is 3.14. The molecule has 0 atom stereocenters. The standard InChI is InChI=1S/C20H14O3/c21-15-6-7-17-13(11-15)10-14(20(17)23)9-12-5-8-19(22)18-4-2-1-3-16(12)18/h1-9,11,21-22H,10H2/b14-9+. The monoisotopic (exact) mass is 302 g/mol. The Labute approximate surface area is 133 Å². The third-order valence-corrected chi connectivity index (χ3v) is 4.27. The van der Waals surface area contributed by atoms with Gasteiger partial charge in [-0.25, -0.2) is 0 Å². The molecule has 0 unspecified atom stereocenters. The molecule has 3 heteroatoms. The number of carbonyl (C=O) groups is 1. The van der Waals surface area contributed by atoms with Gasteiger partial charge in [-0.15, -0.1) is 0 Å². The minimum Gasteiger partial charge on any atom is -0.508 e. The fraction of sp³-hybridized carbons (Fsp3) is 0.0500. The Balaban J connectivity index is 1.84. The largest absolute Gasteiger partial charge is 0.508 e. The quantitative estimate of drug-likeness (QED) is 0.666. The van der Waals surface area contributed by atoms with Crippen molar-refractivity contribution in [3.63, 3.8) is 0 Å². The molecule has 23 heavy (non-hydrogen) atoms. The predicted molar refractivity (Wildman–Crippen MR) is 89.7 cm³/mol. The molecular weight excluding hydrogens is 288 g/mol. The third-order valence-electron chi connectivity index (χ3n) is 4.27. The van der Waals surface area contributed by atoms with Crippen LogP contribution in [0.25, 0.3) is 16.8 Å². The lowest BCUT2D eigenvalue weighted by Crippen LogP contribution is -1.95. The maximum absolute atomic E-state index is 12.5. The second-order valence-corrected chi connectivity index (χ2v) is 5.74. The molecule has 1 aliphatic rings. The highest BCUT2D eigenvalue weighted by molar-refractivity contribution is 6.16. The maximum atomic E-state index is 12.5. The van der Waals surface area contributed by atoms with Crippen molar-refractivity contribution in [2.24, 2.45) is 0 Å². The summed E-state index contributed by atoms with van der Waals surface area (Å²) in [5, 5.41) is 21.2. The molecule has 3 aromatic carbocycles. The van der Waals surface area contributed by atoms with E-state index in [1.54, 1.807) is 18.2 Å². The van der Waals surface area contributed by atoms with E-state index in [-0.39, 0.29) is 17.3 Å². The van der Waals surface area contributed by atoms with Crippen molar-refractivity contribution in [3.05, 3.63) is 76.9 Å². The summed E-state index contributed by atoms with van der Waals surface area (Å²) in [6, 6.07) is 15.9. The number of Topliss-reactive ketones (excluding diaryl/α,β-unsaturated/α-hetero) is 1. The summed E-state index contributed by atoms with van der Waals surface area (Å²) < 4.78 is 0. The Kier molecular flexibility index (Phi) is 2.95. The number of hydrogen-bond acceptors (Lipinski definition) is 3. The van der Waals surface area contributed by atoms with E-state index in [2.05, 4.69) is 0 Å². The van der Waals surface area contributed by atoms with Crippen LogP contribution >= 0.6 is 0 Å². The summed E-state index contributed by atoms with van der Waals surface area (Å²) in [5.74, 6) is 0.402. The number of phenols is 2. The van der Waals surface area contributed by atoms with E-state index < -0.39 is 0 Å². The second kappa shape index (κ2) is 4.99. The van der Waals surface area contributed by atoms with Crippen molar-refractivity contribution in [2.45, 2.75) is 6.42 Å². The molecule has 0 radical (unpaired) electrons. The van der Waals surface area contributed by atoms with Gasteiger partial charge in [0, 0.05) is 22.9 Å². The summed E-state index contributed by atoms with van der Waals surface area (Å²) in [4.78, 5) is 12.5. The van der Waals surface area contributed by atoms with Crippen molar-refractivity contribution in [3.8, 4) is 11.5 Å². The molecule has 3 aromatic rings. The van der Waals surface area contributed by atoms with Crippen LogP contribution in [0.15, 0.2) is 60.2 Å². The summed E-state index contributed by atoms with van der Waals surface area (Å²) >= 11 is 0. The van der Waals surface area contributed by atoms with Crippen molar-refractivity contribution in [1.29, 1.82) is 0 Å². The first kappa shape index (κ1) is 13.6. The van der Waals surface area contributed by atoms with Gasteiger partial charge in [0.1, 0.15) is 11.5 Å². The van der Waals surface area contributed by atoms with Crippen LogP contribution in [-0.2, 0) is 6.42 Å². The van der Waals surface area contributed by atoms with E-state index in [4.69, 9.17) is 0 Å². The fourth-order valence-electron chi connectivity index (χ4n) is 3.14. The molecule has 3 nitrogen and oxygen atoms in total. The van der Waals surface area contributed by atoms with Gasteiger partial charge in [-0.2, -0.15) is 0 Å². The lowest BCUT2D eigenvalue weighted by Gasteiger charge is -2.05. The van der Waals surface area contributed by atoms with Gasteiger partial charge in [0.15, 0.2) is 5.78 Å². The number of fused-ring (bicyclic) bond motifs is 2. The average Bonchev–Trinajstić information content (AvgIpc) is 2.86. The summed E-state index contributed by atoms with van der Waals surface area (Å²) in [7, 11) is 0. The first-order valence-corrected chi connectivity index (χ1v) is 7.41. The zero-order valence-corrected chi connectivity index (χ0v) is 12.3. The van der Waals surface area contributed by atoms with Crippen molar-refractivity contribution < 1.29 is 15.0 Å². The summed E-state index contributed by atoms with van der Waals surface area (Å²) in [6.45, 7) is 0. The molecule has 0 aromatic heterocycles. The molecule has 0 amide bonds. The van der Waals surface area contributed by atoms with Crippen LogP contribution in [0.5, 0.6) is 11.5 Å².